The van der Waals surface area contributed by atoms with E-state index in [1.807, 2.05) is 20.8 Å². The van der Waals surface area contributed by atoms with Gasteiger partial charge in [0, 0.05) is 26.1 Å². The first-order valence-electron chi connectivity index (χ1n) is 8.69. The van der Waals surface area contributed by atoms with Crippen LogP contribution in [0.3, 0.4) is 0 Å². The van der Waals surface area contributed by atoms with Crippen molar-refractivity contribution in [1.29, 1.82) is 0 Å². The van der Waals surface area contributed by atoms with E-state index in [0.29, 0.717) is 13.1 Å². The normalized spacial score (nSPS) is 17.0. The van der Waals surface area contributed by atoms with Gasteiger partial charge in [0.2, 0.25) is 0 Å². The van der Waals surface area contributed by atoms with Gasteiger partial charge in [0.15, 0.2) is 5.82 Å². The molecule has 7 nitrogen and oxygen atoms in total. The Hall–Kier alpha value is -0.990. The van der Waals surface area contributed by atoms with Gasteiger partial charge in [-0.3, -0.25) is 0 Å². The second-order valence-electron chi connectivity index (χ2n) is 6.18. The molecule has 0 amide bonds. The molecule has 1 aromatic heterocycles. The summed E-state index contributed by atoms with van der Waals surface area (Å²) in [7, 11) is -3.51. The molecule has 1 aromatic rings. The molecule has 0 spiro atoms. The number of rotatable bonds is 8. The van der Waals surface area contributed by atoms with Crippen LogP contribution in [-0.2, 0) is 23.2 Å². The van der Waals surface area contributed by atoms with Gasteiger partial charge >= 0.3 is 0 Å². The Kier molecular flexibility index (Phi) is 6.55. The standard InChI is InChI=1S/C15H29N5O2S/c1-4-10-19(11-5-2)23(21,22)18-13(3)15-17-16-14-9-7-6-8-12-20(14)15/h13,18H,4-12H2,1-3H3/t13-/m0/s1. The highest BCUT2D eigenvalue weighted by molar-refractivity contribution is 7.87. The van der Waals surface area contributed by atoms with Crippen molar-refractivity contribution in [3.8, 4) is 0 Å². The minimum absolute atomic E-state index is 0.379. The SMILES string of the molecule is CCCN(CCC)S(=O)(=O)N[C@@H](C)c1nnc2n1CCCCC2. The molecule has 1 N–H and O–H groups in total. The highest BCUT2D eigenvalue weighted by Crippen LogP contribution is 2.19. The third-order valence-corrected chi connectivity index (χ3v) is 5.83. The van der Waals surface area contributed by atoms with E-state index >= 15 is 0 Å². The Labute approximate surface area is 139 Å². The lowest BCUT2D eigenvalue weighted by atomic mass is 10.2. The maximum absolute atomic E-state index is 12.6. The average molecular weight is 343 g/mol. The van der Waals surface area contributed by atoms with Crippen LogP contribution in [0.2, 0.25) is 0 Å². The van der Waals surface area contributed by atoms with Crippen molar-refractivity contribution in [3.05, 3.63) is 11.6 Å². The van der Waals surface area contributed by atoms with Crippen LogP contribution in [0.25, 0.3) is 0 Å². The number of aryl methyl sites for hydroxylation is 1. The summed E-state index contributed by atoms with van der Waals surface area (Å²) in [6.07, 6.45) is 5.92. The van der Waals surface area contributed by atoms with Crippen LogP contribution in [0.15, 0.2) is 0 Å². The number of hydrogen-bond acceptors (Lipinski definition) is 4. The molecule has 2 heterocycles. The van der Waals surface area contributed by atoms with Gasteiger partial charge in [0.1, 0.15) is 5.82 Å². The molecule has 0 aliphatic carbocycles. The summed E-state index contributed by atoms with van der Waals surface area (Å²) in [6, 6.07) is -0.379. The third-order valence-electron chi connectivity index (χ3n) is 4.14. The van der Waals surface area contributed by atoms with Crippen molar-refractivity contribution in [1.82, 2.24) is 23.8 Å². The minimum atomic E-state index is -3.51. The Morgan fingerprint density at radius 2 is 1.87 bits per heavy atom. The van der Waals surface area contributed by atoms with E-state index in [1.165, 1.54) is 10.7 Å². The molecule has 132 valence electrons. The molecule has 0 saturated heterocycles. The van der Waals surface area contributed by atoms with Gasteiger partial charge in [-0.05, 0) is 32.6 Å². The van der Waals surface area contributed by atoms with Gasteiger partial charge in [-0.15, -0.1) is 10.2 Å². The van der Waals surface area contributed by atoms with Crippen molar-refractivity contribution in [2.75, 3.05) is 13.1 Å². The number of aromatic nitrogens is 3. The first kappa shape index (κ1) is 18.4. The van der Waals surface area contributed by atoms with Crippen LogP contribution in [0, 0.1) is 0 Å². The van der Waals surface area contributed by atoms with Crippen LogP contribution in [0.4, 0.5) is 0 Å². The molecule has 0 fully saturated rings. The summed E-state index contributed by atoms with van der Waals surface area (Å²) in [6.45, 7) is 7.76. The van der Waals surface area contributed by atoms with Gasteiger partial charge in [0.05, 0.1) is 6.04 Å². The maximum atomic E-state index is 12.6. The molecule has 1 aliphatic rings. The summed E-state index contributed by atoms with van der Waals surface area (Å²) in [5, 5.41) is 8.49. The summed E-state index contributed by atoms with van der Waals surface area (Å²) in [4.78, 5) is 0. The Morgan fingerprint density at radius 1 is 1.17 bits per heavy atom. The lowest BCUT2D eigenvalue weighted by Crippen LogP contribution is -2.43. The molecule has 8 heteroatoms. The second kappa shape index (κ2) is 8.21. The molecule has 0 saturated carbocycles. The van der Waals surface area contributed by atoms with Gasteiger partial charge in [0.25, 0.3) is 10.2 Å². The lowest BCUT2D eigenvalue weighted by molar-refractivity contribution is 0.395. The Balaban J connectivity index is 2.14. The monoisotopic (exact) mass is 343 g/mol. The van der Waals surface area contributed by atoms with Crippen molar-refractivity contribution >= 4 is 10.2 Å². The van der Waals surface area contributed by atoms with Crippen molar-refractivity contribution in [2.45, 2.75) is 71.9 Å². The molecule has 1 aliphatic heterocycles. The van der Waals surface area contributed by atoms with E-state index in [0.717, 1.165) is 50.3 Å². The smallest absolute Gasteiger partial charge is 0.280 e. The zero-order valence-electron chi connectivity index (χ0n) is 14.5. The summed E-state index contributed by atoms with van der Waals surface area (Å²) < 4.78 is 31.6. The van der Waals surface area contributed by atoms with E-state index in [-0.39, 0.29) is 6.04 Å². The van der Waals surface area contributed by atoms with Crippen molar-refractivity contribution in [3.63, 3.8) is 0 Å². The fourth-order valence-corrected chi connectivity index (χ4v) is 4.58. The molecule has 0 aromatic carbocycles. The van der Waals surface area contributed by atoms with Gasteiger partial charge < -0.3 is 4.57 Å². The molecule has 2 rings (SSSR count). The number of hydrogen-bond donors (Lipinski definition) is 1. The Bertz CT molecular complexity index is 593. The van der Waals surface area contributed by atoms with Gasteiger partial charge in [-0.1, -0.05) is 20.3 Å². The number of nitrogens with zero attached hydrogens (tertiary/aromatic N) is 4. The highest BCUT2D eigenvalue weighted by atomic mass is 32.2. The van der Waals surface area contributed by atoms with Gasteiger partial charge in [-0.2, -0.15) is 17.4 Å². The third kappa shape index (κ3) is 4.51. The molecule has 23 heavy (non-hydrogen) atoms. The molecular weight excluding hydrogens is 314 g/mol. The maximum Gasteiger partial charge on any atom is 0.280 e. The van der Waals surface area contributed by atoms with E-state index in [4.69, 9.17) is 0 Å². The summed E-state index contributed by atoms with van der Waals surface area (Å²) >= 11 is 0. The Morgan fingerprint density at radius 3 is 2.52 bits per heavy atom. The van der Waals surface area contributed by atoms with E-state index in [2.05, 4.69) is 19.5 Å². The van der Waals surface area contributed by atoms with E-state index < -0.39 is 10.2 Å². The van der Waals surface area contributed by atoms with Crippen LogP contribution < -0.4 is 4.72 Å². The highest BCUT2D eigenvalue weighted by Gasteiger charge is 2.26. The quantitative estimate of drug-likeness (QED) is 0.783. The summed E-state index contributed by atoms with van der Waals surface area (Å²) in [5.74, 6) is 1.70. The zero-order chi connectivity index (χ0) is 16.9. The second-order valence-corrected chi connectivity index (χ2v) is 7.88. The number of fused-ring (bicyclic) bond motifs is 1. The van der Waals surface area contributed by atoms with E-state index in [9.17, 15) is 8.42 Å². The number of nitrogens with one attached hydrogen (secondary N) is 1. The van der Waals surface area contributed by atoms with Crippen LogP contribution in [0.1, 0.15) is 70.6 Å². The average Bonchev–Trinajstić information content (AvgIpc) is 2.76. The van der Waals surface area contributed by atoms with Gasteiger partial charge in [-0.25, -0.2) is 0 Å². The minimum Gasteiger partial charge on any atom is -0.314 e. The first-order chi connectivity index (χ1) is 11.0. The molecular formula is C15H29N5O2S. The lowest BCUT2D eigenvalue weighted by Gasteiger charge is -2.24. The largest absolute Gasteiger partial charge is 0.314 e. The predicted molar refractivity (Wildman–Crippen MR) is 90.2 cm³/mol. The molecule has 0 unspecified atom stereocenters. The topological polar surface area (TPSA) is 80.1 Å². The fraction of sp³-hybridized carbons (Fsp3) is 0.867. The van der Waals surface area contributed by atoms with Crippen LogP contribution >= 0.6 is 0 Å². The van der Waals surface area contributed by atoms with E-state index in [1.54, 1.807) is 0 Å². The van der Waals surface area contributed by atoms with Crippen molar-refractivity contribution in [2.24, 2.45) is 0 Å². The first-order valence-corrected chi connectivity index (χ1v) is 10.1. The van der Waals surface area contributed by atoms with Crippen molar-refractivity contribution < 1.29 is 8.42 Å². The predicted octanol–water partition coefficient (Wildman–Crippen LogP) is 2.02. The van der Waals surface area contributed by atoms with Crippen LogP contribution in [0.5, 0.6) is 0 Å². The molecule has 1 atom stereocenters. The summed E-state index contributed by atoms with van der Waals surface area (Å²) in [5.41, 5.74) is 0. The molecule has 0 radical (unpaired) electrons. The zero-order valence-corrected chi connectivity index (χ0v) is 15.3. The molecule has 0 bridgehead atoms. The fourth-order valence-electron chi connectivity index (χ4n) is 3.03. The van der Waals surface area contributed by atoms with Crippen LogP contribution in [-0.4, -0.2) is 40.6 Å².